The van der Waals surface area contributed by atoms with E-state index in [0.717, 1.165) is 11.1 Å². The molecule has 2 aromatic carbocycles. The van der Waals surface area contributed by atoms with Gasteiger partial charge in [0.2, 0.25) is 5.95 Å². The lowest BCUT2D eigenvalue weighted by molar-refractivity contribution is 0.0946. The van der Waals surface area contributed by atoms with Crippen LogP contribution in [0.3, 0.4) is 0 Å². The van der Waals surface area contributed by atoms with Crippen molar-refractivity contribution in [3.63, 3.8) is 0 Å². The van der Waals surface area contributed by atoms with Gasteiger partial charge in [-0.3, -0.25) is 4.79 Å². The molecule has 0 unspecified atom stereocenters. The fourth-order valence-electron chi connectivity index (χ4n) is 2.23. The molecule has 0 aliphatic heterocycles. The molecule has 0 spiro atoms. The molecule has 5 nitrogen and oxygen atoms in total. The van der Waals surface area contributed by atoms with Crippen molar-refractivity contribution >= 4 is 11.9 Å². The van der Waals surface area contributed by atoms with Crippen LogP contribution in [-0.4, -0.2) is 15.9 Å². The Hall–Kier alpha value is -3.35. The molecule has 0 aliphatic carbocycles. The topological polar surface area (TPSA) is 66.9 Å². The van der Waals surface area contributed by atoms with Crippen LogP contribution in [0.1, 0.15) is 21.6 Å². The van der Waals surface area contributed by atoms with Gasteiger partial charge in [0, 0.05) is 19.3 Å². The van der Waals surface area contributed by atoms with Gasteiger partial charge in [0.05, 0.1) is 0 Å². The van der Waals surface area contributed by atoms with E-state index in [4.69, 9.17) is 0 Å². The van der Waals surface area contributed by atoms with E-state index >= 15 is 0 Å². The standard InChI is InChI=1S/C19H16F2N4O/c20-15-5-1-13(2-6-15)11-23-18(26)17-9-10-22-19(25-17)24-12-14-3-7-16(21)8-4-14/h1-10H,11-12H2,(H,23,26)(H,22,24,25). The lowest BCUT2D eigenvalue weighted by atomic mass is 10.2. The Morgan fingerprint density at radius 2 is 1.42 bits per heavy atom. The number of aromatic nitrogens is 2. The fraction of sp³-hybridized carbons (Fsp3) is 0.105. The first kappa shape index (κ1) is 17.5. The average molecular weight is 354 g/mol. The molecule has 3 rings (SSSR count). The maximum absolute atomic E-state index is 12.9. The van der Waals surface area contributed by atoms with E-state index in [9.17, 15) is 13.6 Å². The zero-order valence-corrected chi connectivity index (χ0v) is 13.7. The zero-order valence-electron chi connectivity index (χ0n) is 13.7. The van der Waals surface area contributed by atoms with Crippen molar-refractivity contribution in [3.8, 4) is 0 Å². The van der Waals surface area contributed by atoms with E-state index in [0.29, 0.717) is 12.5 Å². The molecule has 26 heavy (non-hydrogen) atoms. The normalized spacial score (nSPS) is 10.4. The highest BCUT2D eigenvalue weighted by molar-refractivity contribution is 5.92. The second kappa shape index (κ2) is 8.15. The fourth-order valence-corrected chi connectivity index (χ4v) is 2.23. The van der Waals surface area contributed by atoms with Crippen LogP contribution in [0.5, 0.6) is 0 Å². The molecule has 132 valence electrons. The second-order valence-electron chi connectivity index (χ2n) is 5.55. The van der Waals surface area contributed by atoms with Gasteiger partial charge in [-0.2, -0.15) is 0 Å². The van der Waals surface area contributed by atoms with Crippen molar-refractivity contribution in [1.82, 2.24) is 15.3 Å². The van der Waals surface area contributed by atoms with E-state index in [2.05, 4.69) is 20.6 Å². The van der Waals surface area contributed by atoms with Gasteiger partial charge in [-0.05, 0) is 41.5 Å². The molecule has 7 heteroatoms. The minimum absolute atomic E-state index is 0.212. The number of halogens is 2. The number of carbonyl (C=O) groups excluding carboxylic acids is 1. The zero-order chi connectivity index (χ0) is 18.4. The minimum atomic E-state index is -0.360. The maximum atomic E-state index is 12.9. The molecule has 1 aromatic heterocycles. The smallest absolute Gasteiger partial charge is 0.270 e. The molecule has 0 fully saturated rings. The molecular weight excluding hydrogens is 338 g/mol. The summed E-state index contributed by atoms with van der Waals surface area (Å²) in [4.78, 5) is 20.4. The Kier molecular flexibility index (Phi) is 5.48. The monoisotopic (exact) mass is 354 g/mol. The molecule has 0 saturated heterocycles. The Morgan fingerprint density at radius 1 is 0.846 bits per heavy atom. The Morgan fingerprint density at radius 3 is 2.04 bits per heavy atom. The molecule has 1 amide bonds. The first-order chi connectivity index (χ1) is 12.6. The van der Waals surface area contributed by atoms with E-state index in [1.807, 2.05) is 0 Å². The van der Waals surface area contributed by atoms with Gasteiger partial charge < -0.3 is 10.6 Å². The third-order valence-corrected chi connectivity index (χ3v) is 3.62. The number of nitrogens with one attached hydrogen (secondary N) is 2. The first-order valence-electron chi connectivity index (χ1n) is 7.94. The number of benzene rings is 2. The van der Waals surface area contributed by atoms with Crippen LogP contribution in [0, 0.1) is 11.6 Å². The summed E-state index contributed by atoms with van der Waals surface area (Å²) in [5.41, 5.74) is 1.85. The first-order valence-corrected chi connectivity index (χ1v) is 7.94. The van der Waals surface area contributed by atoms with Crippen molar-refractivity contribution < 1.29 is 13.6 Å². The molecule has 0 atom stereocenters. The van der Waals surface area contributed by atoms with Crippen molar-refractivity contribution in [1.29, 1.82) is 0 Å². The summed E-state index contributed by atoms with van der Waals surface area (Å²) >= 11 is 0. The molecule has 0 saturated carbocycles. The summed E-state index contributed by atoms with van der Waals surface area (Å²) in [5, 5.41) is 5.71. The van der Waals surface area contributed by atoms with Gasteiger partial charge in [0.1, 0.15) is 17.3 Å². The van der Waals surface area contributed by atoms with Gasteiger partial charge in [-0.25, -0.2) is 18.7 Å². The Labute approximate surface area is 149 Å². The molecule has 0 radical (unpaired) electrons. The minimum Gasteiger partial charge on any atom is -0.350 e. The van der Waals surface area contributed by atoms with E-state index < -0.39 is 0 Å². The highest BCUT2D eigenvalue weighted by Gasteiger charge is 2.09. The van der Waals surface area contributed by atoms with Gasteiger partial charge in [-0.15, -0.1) is 0 Å². The SMILES string of the molecule is O=C(NCc1ccc(F)cc1)c1ccnc(NCc2ccc(F)cc2)n1. The molecule has 0 aliphatic rings. The Bertz CT molecular complexity index is 883. The molecule has 1 heterocycles. The van der Waals surface area contributed by atoms with E-state index in [1.165, 1.54) is 36.5 Å². The predicted octanol–water partition coefficient (Wildman–Crippen LogP) is 3.30. The average Bonchev–Trinajstić information content (AvgIpc) is 2.67. The lowest BCUT2D eigenvalue weighted by Crippen LogP contribution is -2.24. The highest BCUT2D eigenvalue weighted by atomic mass is 19.1. The highest BCUT2D eigenvalue weighted by Crippen LogP contribution is 2.07. The van der Waals surface area contributed by atoms with Crippen LogP contribution in [0.4, 0.5) is 14.7 Å². The number of nitrogens with zero attached hydrogens (tertiary/aromatic N) is 2. The summed E-state index contributed by atoms with van der Waals surface area (Å²) in [7, 11) is 0. The lowest BCUT2D eigenvalue weighted by Gasteiger charge is -2.08. The third kappa shape index (κ3) is 4.83. The van der Waals surface area contributed by atoms with Crippen molar-refractivity contribution in [2.24, 2.45) is 0 Å². The Balaban J connectivity index is 1.58. The van der Waals surface area contributed by atoms with E-state index in [-0.39, 0.29) is 29.8 Å². The van der Waals surface area contributed by atoms with E-state index in [1.54, 1.807) is 24.3 Å². The summed E-state index contributed by atoms with van der Waals surface area (Å²) in [6.45, 7) is 0.669. The van der Waals surface area contributed by atoms with Crippen LogP contribution in [-0.2, 0) is 13.1 Å². The summed E-state index contributed by atoms with van der Waals surface area (Å²) in [6.07, 6.45) is 1.48. The second-order valence-corrected chi connectivity index (χ2v) is 5.55. The molecular formula is C19H16F2N4O. The molecule has 3 aromatic rings. The third-order valence-electron chi connectivity index (χ3n) is 3.62. The summed E-state index contributed by atoms with van der Waals surface area (Å²) in [6, 6.07) is 13.4. The quantitative estimate of drug-likeness (QED) is 0.713. The number of amides is 1. The van der Waals surface area contributed by atoms with Crippen LogP contribution >= 0.6 is 0 Å². The number of anilines is 1. The van der Waals surface area contributed by atoms with Crippen LogP contribution in [0.15, 0.2) is 60.8 Å². The summed E-state index contributed by atoms with van der Waals surface area (Å²) < 4.78 is 25.8. The number of rotatable bonds is 6. The van der Waals surface area contributed by atoms with Gasteiger partial charge in [-0.1, -0.05) is 24.3 Å². The number of hydrogen-bond donors (Lipinski definition) is 2. The number of hydrogen-bond acceptors (Lipinski definition) is 4. The van der Waals surface area contributed by atoms with Gasteiger partial charge in [0.25, 0.3) is 5.91 Å². The van der Waals surface area contributed by atoms with Crippen LogP contribution in [0.25, 0.3) is 0 Å². The largest absolute Gasteiger partial charge is 0.350 e. The van der Waals surface area contributed by atoms with Crippen LogP contribution in [0.2, 0.25) is 0 Å². The van der Waals surface area contributed by atoms with Gasteiger partial charge in [0.15, 0.2) is 0 Å². The van der Waals surface area contributed by atoms with Crippen molar-refractivity contribution in [2.45, 2.75) is 13.1 Å². The van der Waals surface area contributed by atoms with Crippen molar-refractivity contribution in [3.05, 3.63) is 89.2 Å². The van der Waals surface area contributed by atoms with Crippen molar-refractivity contribution in [2.75, 3.05) is 5.32 Å². The molecule has 0 bridgehead atoms. The van der Waals surface area contributed by atoms with Crippen LogP contribution < -0.4 is 10.6 Å². The number of carbonyl (C=O) groups is 1. The summed E-state index contributed by atoms with van der Waals surface area (Å²) in [5.74, 6) is -0.692. The predicted molar refractivity (Wildman–Crippen MR) is 93.3 cm³/mol. The molecule has 2 N–H and O–H groups in total. The maximum Gasteiger partial charge on any atom is 0.270 e. The van der Waals surface area contributed by atoms with Gasteiger partial charge >= 0.3 is 0 Å².